The minimum Gasteiger partial charge on any atom is -0.345 e. The molecule has 9 nitrogen and oxygen atoms in total. The van der Waals surface area contributed by atoms with Crippen LogP contribution in [0.2, 0.25) is 0 Å². The van der Waals surface area contributed by atoms with Crippen LogP contribution in [0.1, 0.15) is 13.3 Å². The van der Waals surface area contributed by atoms with Gasteiger partial charge in [0.1, 0.15) is 10.6 Å². The first-order valence-corrected chi connectivity index (χ1v) is 8.30. The fourth-order valence-electron chi connectivity index (χ4n) is 1.75. The number of nitrogens with one attached hydrogen (secondary N) is 4. The summed E-state index contributed by atoms with van der Waals surface area (Å²) in [5.74, 6) is 0.273. The summed E-state index contributed by atoms with van der Waals surface area (Å²) in [7, 11) is -3.52. The second kappa shape index (κ2) is 6.10. The van der Waals surface area contributed by atoms with E-state index >= 15 is 0 Å². The van der Waals surface area contributed by atoms with Crippen molar-refractivity contribution in [2.45, 2.75) is 19.4 Å². The Morgan fingerprint density at radius 2 is 2.23 bits per heavy atom. The number of fused-ring (bicyclic) bond motifs is 1. The maximum Gasteiger partial charge on any atom is 0.320 e. The molecule has 0 spiro atoms. The molecule has 0 unspecified atom stereocenters. The zero-order valence-electron chi connectivity index (χ0n) is 12.0. The molecule has 2 rings (SSSR count). The van der Waals surface area contributed by atoms with Crippen molar-refractivity contribution in [3.05, 3.63) is 18.5 Å². The van der Waals surface area contributed by atoms with Crippen molar-refractivity contribution in [1.29, 1.82) is 5.41 Å². The lowest BCUT2D eigenvalue weighted by Crippen LogP contribution is -2.38. The minimum absolute atomic E-state index is 0.0746. The van der Waals surface area contributed by atoms with Crippen LogP contribution in [0.25, 0.3) is 11.2 Å². The molecule has 0 saturated carbocycles. The molecule has 22 heavy (non-hydrogen) atoms. The number of nitrogens with zero attached hydrogens (tertiary/aromatic N) is 2. The van der Waals surface area contributed by atoms with Gasteiger partial charge >= 0.3 is 6.03 Å². The molecule has 0 aliphatic carbocycles. The molecule has 1 atom stereocenters. The highest BCUT2D eigenvalue weighted by Gasteiger charge is 2.16. The highest BCUT2D eigenvalue weighted by Crippen LogP contribution is 2.09. The number of rotatable bonds is 4. The highest BCUT2D eigenvalue weighted by molar-refractivity contribution is 8.05. The smallest absolute Gasteiger partial charge is 0.320 e. The van der Waals surface area contributed by atoms with Crippen LogP contribution in [0, 0.1) is 5.41 Å². The van der Waals surface area contributed by atoms with Crippen LogP contribution in [0.4, 0.5) is 10.6 Å². The molecule has 0 saturated heterocycles. The van der Waals surface area contributed by atoms with E-state index in [9.17, 15) is 13.2 Å². The lowest BCUT2D eigenvalue weighted by molar-refractivity contribution is 0.249. The molecule has 2 heterocycles. The zero-order chi connectivity index (χ0) is 16.3. The van der Waals surface area contributed by atoms with E-state index < -0.39 is 27.0 Å². The summed E-state index contributed by atoms with van der Waals surface area (Å²) >= 11 is 0. The Bertz CT molecular complexity index is 813. The Kier molecular flexibility index (Phi) is 4.40. The van der Waals surface area contributed by atoms with E-state index in [1.54, 1.807) is 19.2 Å². The van der Waals surface area contributed by atoms with Gasteiger partial charge in [0.15, 0.2) is 21.3 Å². The van der Waals surface area contributed by atoms with E-state index in [-0.39, 0.29) is 12.2 Å². The number of carbonyl (C=O) groups excluding carboxylic acids is 1. The average molecular weight is 324 g/mol. The summed E-state index contributed by atoms with van der Waals surface area (Å²) in [5.41, 5.74) is 1.23. The quantitative estimate of drug-likeness (QED) is 0.488. The van der Waals surface area contributed by atoms with Crippen molar-refractivity contribution >= 4 is 37.9 Å². The number of H-pyrrole nitrogens is 1. The van der Waals surface area contributed by atoms with Gasteiger partial charge in [-0.05, 0) is 13.0 Å². The Balaban J connectivity index is 1.93. The molecule has 0 fully saturated rings. The highest BCUT2D eigenvalue weighted by atomic mass is 32.2. The van der Waals surface area contributed by atoms with E-state index in [1.165, 1.54) is 6.20 Å². The van der Waals surface area contributed by atoms with Crippen LogP contribution >= 0.6 is 0 Å². The molecule has 2 amide bonds. The Morgan fingerprint density at radius 1 is 1.50 bits per heavy atom. The molecule has 0 aliphatic heterocycles. The number of amides is 2. The number of aromatic amines is 1. The summed E-state index contributed by atoms with van der Waals surface area (Å²) in [6, 6.07) is 0.672. The normalized spacial score (nSPS) is 12.8. The third-order valence-electron chi connectivity index (χ3n) is 2.82. The fourth-order valence-corrected chi connectivity index (χ4v) is 2.30. The van der Waals surface area contributed by atoms with Crippen LogP contribution < -0.4 is 10.6 Å². The lowest BCUT2D eigenvalue weighted by atomic mass is 10.2. The van der Waals surface area contributed by atoms with Gasteiger partial charge in [0.25, 0.3) is 0 Å². The molecule has 10 heteroatoms. The summed E-state index contributed by atoms with van der Waals surface area (Å²) in [4.78, 5) is 23.0. The van der Waals surface area contributed by atoms with Gasteiger partial charge in [0.2, 0.25) is 0 Å². The maximum atomic E-state index is 11.8. The number of sulfone groups is 1. The average Bonchev–Trinajstić information content (AvgIpc) is 2.84. The van der Waals surface area contributed by atoms with Gasteiger partial charge in [0, 0.05) is 24.9 Å². The third kappa shape index (κ3) is 4.01. The largest absolute Gasteiger partial charge is 0.345 e. The van der Waals surface area contributed by atoms with E-state index in [0.717, 1.165) is 6.26 Å². The van der Waals surface area contributed by atoms with Crippen molar-refractivity contribution in [2.24, 2.45) is 0 Å². The Labute approximate surface area is 127 Å². The van der Waals surface area contributed by atoms with Crippen molar-refractivity contribution in [2.75, 3.05) is 11.6 Å². The molecule has 4 N–H and O–H groups in total. The number of urea groups is 1. The molecule has 118 valence electrons. The number of carbonyl (C=O) groups is 1. The van der Waals surface area contributed by atoms with Gasteiger partial charge in [-0.2, -0.15) is 0 Å². The van der Waals surface area contributed by atoms with E-state index in [1.807, 2.05) is 0 Å². The minimum atomic E-state index is -3.52. The van der Waals surface area contributed by atoms with Crippen LogP contribution in [0.5, 0.6) is 0 Å². The second-order valence-electron chi connectivity index (χ2n) is 4.87. The second-order valence-corrected chi connectivity index (χ2v) is 6.90. The van der Waals surface area contributed by atoms with Gasteiger partial charge in [-0.1, -0.05) is 0 Å². The predicted molar refractivity (Wildman–Crippen MR) is 82.7 cm³/mol. The van der Waals surface area contributed by atoms with Crippen molar-refractivity contribution in [3.8, 4) is 0 Å². The van der Waals surface area contributed by atoms with Crippen LogP contribution in [-0.2, 0) is 9.84 Å². The third-order valence-corrected chi connectivity index (χ3v) is 3.88. The lowest BCUT2D eigenvalue weighted by Gasteiger charge is -2.14. The number of hydrogen-bond donors (Lipinski definition) is 4. The van der Waals surface area contributed by atoms with Crippen molar-refractivity contribution < 1.29 is 13.2 Å². The standard InChI is InChI=1S/C12H16N6O3S/c1-7(5-9(13)22(2,20)21)16-12(19)18-10-6-15-11-8(17-10)3-4-14-11/h3-4,6-7,13H,5H2,1-2H3,(H,14,15)(H2,16,17,18,19)/t7-/m0/s1. The molecule has 0 aliphatic rings. The topological polar surface area (TPSA) is 141 Å². The van der Waals surface area contributed by atoms with Crippen molar-refractivity contribution in [1.82, 2.24) is 20.3 Å². The molecule has 2 aromatic rings. The fraction of sp³-hybridized carbons (Fsp3) is 0.333. The SMILES string of the molecule is C[C@@H](CC(=N)S(C)(=O)=O)NC(=O)Nc1cnc2[nH]ccc2n1. The summed E-state index contributed by atoms with van der Waals surface area (Å²) in [5, 5.41) is 12.1. The summed E-state index contributed by atoms with van der Waals surface area (Å²) in [6.07, 6.45) is 3.98. The molecule has 0 bridgehead atoms. The van der Waals surface area contributed by atoms with Gasteiger partial charge in [-0.15, -0.1) is 0 Å². The van der Waals surface area contributed by atoms with Gasteiger partial charge in [0.05, 0.1) is 6.20 Å². The number of anilines is 1. The monoisotopic (exact) mass is 324 g/mol. The van der Waals surface area contributed by atoms with E-state index in [4.69, 9.17) is 5.41 Å². The first kappa shape index (κ1) is 15.9. The Morgan fingerprint density at radius 3 is 2.91 bits per heavy atom. The van der Waals surface area contributed by atoms with Gasteiger partial charge < -0.3 is 10.3 Å². The number of hydrogen-bond acceptors (Lipinski definition) is 6. The molecular weight excluding hydrogens is 308 g/mol. The summed E-state index contributed by atoms with van der Waals surface area (Å²) < 4.78 is 22.3. The molecule has 0 radical (unpaired) electrons. The van der Waals surface area contributed by atoms with Gasteiger partial charge in [-0.25, -0.2) is 23.2 Å². The molecule has 2 aromatic heterocycles. The first-order chi connectivity index (χ1) is 10.3. The van der Waals surface area contributed by atoms with E-state index in [2.05, 4.69) is 25.6 Å². The van der Waals surface area contributed by atoms with Crippen molar-refractivity contribution in [3.63, 3.8) is 0 Å². The first-order valence-electron chi connectivity index (χ1n) is 6.41. The van der Waals surface area contributed by atoms with Gasteiger partial charge in [-0.3, -0.25) is 10.7 Å². The van der Waals surface area contributed by atoms with E-state index in [0.29, 0.717) is 11.2 Å². The Hall–Kier alpha value is -2.49. The van der Waals surface area contributed by atoms with Crippen LogP contribution in [0.15, 0.2) is 18.5 Å². The zero-order valence-corrected chi connectivity index (χ0v) is 12.9. The maximum absolute atomic E-state index is 11.8. The van der Waals surface area contributed by atoms with Crippen LogP contribution in [-0.4, -0.2) is 46.7 Å². The van der Waals surface area contributed by atoms with Crippen LogP contribution in [0.3, 0.4) is 0 Å². The molecular formula is C12H16N6O3S. The summed E-state index contributed by atoms with van der Waals surface area (Å²) in [6.45, 7) is 1.61. The molecule has 0 aromatic carbocycles. The number of aromatic nitrogens is 3. The predicted octanol–water partition coefficient (Wildman–Crippen LogP) is 0.880.